The molecule has 0 amide bonds. The number of nitrogens with one attached hydrogen (secondary N) is 1. The highest BCUT2D eigenvalue weighted by atomic mass is 16.3. The van der Waals surface area contributed by atoms with Gasteiger partial charge in [0.2, 0.25) is 0 Å². The van der Waals surface area contributed by atoms with Crippen LogP contribution in [0.3, 0.4) is 0 Å². The van der Waals surface area contributed by atoms with E-state index in [9.17, 15) is 9.59 Å². The number of hydrogen-bond acceptors (Lipinski definition) is 5. The zero-order valence-electron chi connectivity index (χ0n) is 17.7. The first-order valence-electron chi connectivity index (χ1n) is 10.3. The highest BCUT2D eigenvalue weighted by Crippen LogP contribution is 2.29. The number of fused-ring (bicyclic) bond motifs is 3. The molecular formula is C26H23N3O3. The zero-order valence-corrected chi connectivity index (χ0v) is 17.7. The van der Waals surface area contributed by atoms with Crippen LogP contribution >= 0.6 is 0 Å². The first kappa shape index (κ1) is 21.1. The molecule has 0 saturated heterocycles. The van der Waals surface area contributed by atoms with Crippen molar-refractivity contribution in [3.05, 3.63) is 95.8 Å². The molecule has 0 unspecified atom stereocenters. The zero-order chi connectivity index (χ0) is 22.3. The second-order valence-corrected chi connectivity index (χ2v) is 7.35. The highest BCUT2D eigenvalue weighted by molar-refractivity contribution is 6.05. The Hall–Kier alpha value is -4.19. The van der Waals surface area contributed by atoms with E-state index in [0.717, 1.165) is 45.6 Å². The fourth-order valence-corrected chi connectivity index (χ4v) is 3.51. The monoisotopic (exact) mass is 425 g/mol. The Morgan fingerprint density at radius 1 is 0.969 bits per heavy atom. The average Bonchev–Trinajstić information content (AvgIpc) is 3.20. The third-order valence-electron chi connectivity index (χ3n) is 5.13. The molecule has 6 heteroatoms. The number of carbonyl (C=O) groups excluding carboxylic acids is 2. The topological polar surface area (TPSA) is 74.9 Å². The van der Waals surface area contributed by atoms with Crippen LogP contribution in [0.4, 0.5) is 0 Å². The molecule has 1 heterocycles. The van der Waals surface area contributed by atoms with Gasteiger partial charge in [0.25, 0.3) is 0 Å². The summed E-state index contributed by atoms with van der Waals surface area (Å²) in [6, 6.07) is 23.5. The Labute approximate surface area is 185 Å². The van der Waals surface area contributed by atoms with Gasteiger partial charge in [-0.05, 0) is 17.7 Å². The van der Waals surface area contributed by atoms with Gasteiger partial charge in [-0.15, -0.1) is 0 Å². The number of allylic oxidation sites excluding steroid dienone is 1. The van der Waals surface area contributed by atoms with Gasteiger partial charge < -0.3 is 19.4 Å². The summed E-state index contributed by atoms with van der Waals surface area (Å²) < 4.78 is 5.94. The van der Waals surface area contributed by atoms with E-state index in [1.807, 2.05) is 72.8 Å². The van der Waals surface area contributed by atoms with Crippen LogP contribution in [0.1, 0.15) is 11.1 Å². The van der Waals surface area contributed by atoms with Crippen LogP contribution in [0, 0.1) is 0 Å². The van der Waals surface area contributed by atoms with E-state index in [0.29, 0.717) is 18.1 Å². The number of amidine groups is 1. The molecule has 0 aliphatic carbocycles. The van der Waals surface area contributed by atoms with E-state index in [2.05, 4.69) is 10.3 Å². The van der Waals surface area contributed by atoms with Crippen molar-refractivity contribution < 1.29 is 14.0 Å². The number of aliphatic imine (C=N–C) groups is 1. The third kappa shape index (κ3) is 4.59. The largest absolute Gasteiger partial charge is 0.456 e. The van der Waals surface area contributed by atoms with Gasteiger partial charge in [0, 0.05) is 29.9 Å². The molecule has 0 fully saturated rings. The number of furan rings is 1. The number of para-hydroxylation sites is 1. The van der Waals surface area contributed by atoms with Gasteiger partial charge in [-0.1, -0.05) is 60.7 Å². The number of aldehydes is 2. The molecule has 3 aromatic carbocycles. The Morgan fingerprint density at radius 2 is 1.72 bits per heavy atom. The van der Waals surface area contributed by atoms with Crippen LogP contribution in [0.15, 0.2) is 94.1 Å². The van der Waals surface area contributed by atoms with E-state index in [4.69, 9.17) is 4.42 Å². The van der Waals surface area contributed by atoms with Crippen molar-refractivity contribution in [1.82, 2.24) is 10.2 Å². The summed E-state index contributed by atoms with van der Waals surface area (Å²) in [5, 5.41) is 5.26. The summed E-state index contributed by atoms with van der Waals surface area (Å²) in [6.07, 6.45) is 3.02. The lowest BCUT2D eigenvalue weighted by molar-refractivity contribution is -0.108. The number of carbonyl (C=O) groups is 2. The lowest BCUT2D eigenvalue weighted by Crippen LogP contribution is -2.29. The molecule has 0 bridgehead atoms. The van der Waals surface area contributed by atoms with Crippen LogP contribution in [0.25, 0.3) is 21.9 Å². The van der Waals surface area contributed by atoms with Crippen molar-refractivity contribution in [3.63, 3.8) is 0 Å². The quantitative estimate of drug-likeness (QED) is 0.197. The Morgan fingerprint density at radius 3 is 2.50 bits per heavy atom. The van der Waals surface area contributed by atoms with Gasteiger partial charge in [-0.3, -0.25) is 4.79 Å². The maximum atomic E-state index is 11.6. The molecule has 0 spiro atoms. The smallest absolute Gasteiger partial charge is 0.167 e. The van der Waals surface area contributed by atoms with Gasteiger partial charge >= 0.3 is 0 Å². The molecule has 160 valence electrons. The van der Waals surface area contributed by atoms with E-state index in [-0.39, 0.29) is 6.54 Å². The Balaban J connectivity index is 1.54. The van der Waals surface area contributed by atoms with Gasteiger partial charge in [0.1, 0.15) is 23.3 Å². The molecule has 0 radical (unpaired) electrons. The molecule has 0 saturated carbocycles. The molecule has 0 aliphatic heterocycles. The highest BCUT2D eigenvalue weighted by Gasteiger charge is 2.09. The summed E-state index contributed by atoms with van der Waals surface area (Å²) >= 11 is 0. The Bertz CT molecular complexity index is 1310. The van der Waals surface area contributed by atoms with E-state index in [1.54, 1.807) is 11.9 Å². The normalized spacial score (nSPS) is 12.2. The molecule has 4 rings (SSSR count). The summed E-state index contributed by atoms with van der Waals surface area (Å²) in [5.74, 6) is 0.600. The van der Waals surface area contributed by atoms with E-state index in [1.165, 1.54) is 6.20 Å². The predicted octanol–water partition coefficient (Wildman–Crippen LogP) is 4.29. The minimum Gasteiger partial charge on any atom is -0.456 e. The van der Waals surface area contributed by atoms with Crippen molar-refractivity contribution in [3.8, 4) is 0 Å². The van der Waals surface area contributed by atoms with Gasteiger partial charge in [-0.2, -0.15) is 0 Å². The first-order chi connectivity index (χ1) is 15.7. The second-order valence-electron chi connectivity index (χ2n) is 7.35. The maximum absolute atomic E-state index is 11.6. The van der Waals surface area contributed by atoms with Crippen LogP contribution in [-0.4, -0.2) is 36.9 Å². The molecule has 0 aliphatic rings. The summed E-state index contributed by atoms with van der Waals surface area (Å²) in [6.45, 7) is 0.640. The van der Waals surface area contributed by atoms with Crippen molar-refractivity contribution >= 4 is 40.3 Å². The summed E-state index contributed by atoms with van der Waals surface area (Å²) in [7, 11) is 1.78. The summed E-state index contributed by atoms with van der Waals surface area (Å²) in [4.78, 5) is 28.8. The van der Waals surface area contributed by atoms with Crippen LogP contribution in [0.5, 0.6) is 0 Å². The molecular weight excluding hydrogens is 402 g/mol. The van der Waals surface area contributed by atoms with E-state index >= 15 is 0 Å². The lowest BCUT2D eigenvalue weighted by Gasteiger charge is -2.18. The average molecular weight is 425 g/mol. The number of rotatable bonds is 8. The molecule has 0 atom stereocenters. The SMILES string of the molecule is CN(CC=O)C(=N/C=C(\C=O)NCc1ccc2c(c1)oc1ccccc12)c1ccccc1. The number of likely N-dealkylation sites (N-methyl/N-ethyl adjacent to an activating group) is 1. The predicted molar refractivity (Wildman–Crippen MR) is 126 cm³/mol. The van der Waals surface area contributed by atoms with E-state index < -0.39 is 0 Å². The van der Waals surface area contributed by atoms with Crippen molar-refractivity contribution in [1.29, 1.82) is 0 Å². The van der Waals surface area contributed by atoms with Crippen molar-refractivity contribution in [2.45, 2.75) is 6.54 Å². The molecule has 6 nitrogen and oxygen atoms in total. The maximum Gasteiger partial charge on any atom is 0.167 e. The fraction of sp³-hybridized carbons (Fsp3) is 0.115. The molecule has 1 N–H and O–H groups in total. The lowest BCUT2D eigenvalue weighted by atomic mass is 10.1. The van der Waals surface area contributed by atoms with Gasteiger partial charge in [0.15, 0.2) is 6.29 Å². The van der Waals surface area contributed by atoms with Crippen molar-refractivity contribution in [2.75, 3.05) is 13.6 Å². The minimum absolute atomic E-state index is 0.197. The first-order valence-corrected chi connectivity index (χ1v) is 10.3. The molecule has 1 aromatic heterocycles. The van der Waals surface area contributed by atoms with Crippen LogP contribution in [-0.2, 0) is 16.1 Å². The van der Waals surface area contributed by atoms with Gasteiger partial charge in [-0.25, -0.2) is 4.99 Å². The summed E-state index contributed by atoms with van der Waals surface area (Å²) in [5.41, 5.74) is 3.83. The standard InChI is InChI=1S/C26H23N3O3/c1-29(13-14-30)26(20-7-3-2-4-8-20)28-17-21(18-31)27-16-19-11-12-23-22-9-5-6-10-24(22)32-25(23)15-19/h2-12,14-15,17-18,27H,13,16H2,1H3/b21-17+,28-26?. The molecule has 32 heavy (non-hydrogen) atoms. The molecule has 4 aromatic rings. The Kier molecular flexibility index (Phi) is 6.41. The second kappa shape index (κ2) is 9.75. The number of nitrogens with zero attached hydrogens (tertiary/aromatic N) is 2. The fourth-order valence-electron chi connectivity index (χ4n) is 3.51. The van der Waals surface area contributed by atoms with Crippen molar-refractivity contribution in [2.24, 2.45) is 4.99 Å². The van der Waals surface area contributed by atoms with Gasteiger partial charge in [0.05, 0.1) is 18.4 Å². The third-order valence-corrected chi connectivity index (χ3v) is 5.13. The van der Waals surface area contributed by atoms with Crippen LogP contribution < -0.4 is 5.32 Å². The van der Waals surface area contributed by atoms with Crippen LogP contribution in [0.2, 0.25) is 0 Å². The number of benzene rings is 3. The minimum atomic E-state index is 0.197. The number of hydrogen-bond donors (Lipinski definition) is 1.